The Kier molecular flexibility index (Phi) is 4.16. The number of benzene rings is 2. The van der Waals surface area contributed by atoms with E-state index in [0.29, 0.717) is 0 Å². The topological polar surface area (TPSA) is 81.4 Å². The number of nitrogen functional groups attached to an aromatic ring is 1. The predicted molar refractivity (Wildman–Crippen MR) is 87.6 cm³/mol. The number of anilines is 2. The molecular formula is C15H7BrClF3N2O3. The molecule has 1 amide bonds. The van der Waals surface area contributed by atoms with Gasteiger partial charge in [0, 0.05) is 17.3 Å². The zero-order chi connectivity index (χ0) is 18.5. The van der Waals surface area contributed by atoms with E-state index in [9.17, 15) is 22.8 Å². The maximum atomic E-state index is 13.4. The highest BCUT2D eigenvalue weighted by atomic mass is 79.9. The zero-order valence-corrected chi connectivity index (χ0v) is 14.3. The van der Waals surface area contributed by atoms with Gasteiger partial charge in [-0.2, -0.15) is 8.78 Å². The average molecular weight is 436 g/mol. The maximum Gasteiger partial charge on any atom is 0.482 e. The molecule has 25 heavy (non-hydrogen) atoms. The van der Waals surface area contributed by atoms with Crippen molar-refractivity contribution in [2.75, 3.05) is 11.1 Å². The molecule has 2 aromatic rings. The summed E-state index contributed by atoms with van der Waals surface area (Å²) in [6.45, 7) is 0. The minimum atomic E-state index is -4.07. The molecule has 1 aliphatic heterocycles. The molecule has 5 nitrogen and oxygen atoms in total. The number of halogens is 5. The number of nitrogens with two attached hydrogens (primary N) is 1. The van der Waals surface area contributed by atoms with Crippen LogP contribution in [0.4, 0.5) is 24.5 Å². The fraction of sp³-hybridized carbons (Fsp3) is 0.0667. The Hall–Kier alpha value is -2.26. The second-order valence-electron chi connectivity index (χ2n) is 5.05. The fourth-order valence-corrected chi connectivity index (χ4v) is 3.16. The molecule has 3 rings (SSSR count). The van der Waals surface area contributed by atoms with Crippen molar-refractivity contribution in [2.45, 2.75) is 6.11 Å². The molecule has 130 valence electrons. The van der Waals surface area contributed by atoms with Gasteiger partial charge in [-0.3, -0.25) is 9.59 Å². The van der Waals surface area contributed by atoms with Gasteiger partial charge >= 0.3 is 12.0 Å². The van der Waals surface area contributed by atoms with Gasteiger partial charge in [-0.15, -0.1) is 0 Å². The van der Waals surface area contributed by atoms with Gasteiger partial charge in [0.25, 0.3) is 0 Å². The van der Waals surface area contributed by atoms with Crippen molar-refractivity contribution < 1.29 is 27.5 Å². The Morgan fingerprint density at radius 3 is 2.68 bits per heavy atom. The molecule has 10 heteroatoms. The molecular weight excluding hydrogens is 429 g/mol. The van der Waals surface area contributed by atoms with Crippen molar-refractivity contribution in [1.29, 1.82) is 0 Å². The SMILES string of the molecule is Nc1cc2c(c(Br)c1C(=O)c1cc(F)ccc1Cl)NC(=O)C(F)(F)O2. The van der Waals surface area contributed by atoms with Crippen LogP contribution in [-0.4, -0.2) is 17.8 Å². The number of carbonyl (C=O) groups is 2. The van der Waals surface area contributed by atoms with E-state index in [4.69, 9.17) is 17.3 Å². The lowest BCUT2D eigenvalue weighted by Crippen LogP contribution is -2.43. The summed E-state index contributed by atoms with van der Waals surface area (Å²) in [4.78, 5) is 24.1. The quantitative estimate of drug-likeness (QED) is 0.552. The number of ether oxygens (including phenoxy) is 1. The van der Waals surface area contributed by atoms with Crippen molar-refractivity contribution in [3.8, 4) is 5.75 Å². The number of fused-ring (bicyclic) bond motifs is 1. The van der Waals surface area contributed by atoms with Crippen molar-refractivity contribution >= 4 is 50.6 Å². The van der Waals surface area contributed by atoms with Gasteiger partial charge in [0.15, 0.2) is 11.5 Å². The third-order valence-corrected chi connectivity index (χ3v) is 4.52. The van der Waals surface area contributed by atoms with E-state index in [1.807, 2.05) is 5.32 Å². The summed E-state index contributed by atoms with van der Waals surface area (Å²) in [7, 11) is 0. The van der Waals surface area contributed by atoms with E-state index in [1.165, 1.54) is 6.07 Å². The van der Waals surface area contributed by atoms with Gasteiger partial charge in [0.2, 0.25) is 0 Å². The second kappa shape index (κ2) is 5.92. The lowest BCUT2D eigenvalue weighted by molar-refractivity contribution is -0.189. The number of hydrogen-bond acceptors (Lipinski definition) is 4. The number of nitrogens with one attached hydrogen (secondary N) is 1. The van der Waals surface area contributed by atoms with Gasteiger partial charge in [-0.1, -0.05) is 11.6 Å². The summed E-state index contributed by atoms with van der Waals surface area (Å²) < 4.78 is 44.3. The number of hydrogen-bond donors (Lipinski definition) is 2. The molecule has 0 atom stereocenters. The predicted octanol–water partition coefficient (Wildman–Crippen LogP) is 3.98. The average Bonchev–Trinajstić information content (AvgIpc) is 2.51. The van der Waals surface area contributed by atoms with Crippen LogP contribution < -0.4 is 15.8 Å². The summed E-state index contributed by atoms with van der Waals surface area (Å²) >= 11 is 8.96. The summed E-state index contributed by atoms with van der Waals surface area (Å²) in [5, 5.41) is 1.92. The van der Waals surface area contributed by atoms with E-state index >= 15 is 0 Å². The van der Waals surface area contributed by atoms with Crippen molar-refractivity contribution in [2.24, 2.45) is 0 Å². The van der Waals surface area contributed by atoms with Crippen molar-refractivity contribution in [3.63, 3.8) is 0 Å². The Morgan fingerprint density at radius 1 is 1.32 bits per heavy atom. The number of carbonyl (C=O) groups excluding carboxylic acids is 2. The van der Waals surface area contributed by atoms with E-state index in [0.717, 1.165) is 18.2 Å². The van der Waals surface area contributed by atoms with E-state index in [1.54, 1.807) is 0 Å². The van der Waals surface area contributed by atoms with Crippen molar-refractivity contribution in [3.05, 3.63) is 50.7 Å². The monoisotopic (exact) mass is 434 g/mol. The van der Waals surface area contributed by atoms with E-state index < -0.39 is 29.4 Å². The maximum absolute atomic E-state index is 13.4. The smallest absolute Gasteiger partial charge is 0.423 e. The standard InChI is InChI=1S/C15H7BrClF3N2O3/c16-11-10(13(23)6-3-5(18)1-2-7(6)17)8(21)4-9-12(11)22-14(24)15(19,20)25-9/h1-4H,21H2,(H,22,24). The van der Waals surface area contributed by atoms with Crippen LogP contribution in [0, 0.1) is 5.82 Å². The van der Waals surface area contributed by atoms with Crippen LogP contribution in [0.5, 0.6) is 5.75 Å². The number of amides is 1. The van der Waals surface area contributed by atoms with Gasteiger partial charge in [-0.05, 0) is 34.1 Å². The first kappa shape index (κ1) is 17.6. The van der Waals surface area contributed by atoms with Crippen LogP contribution in [0.2, 0.25) is 5.02 Å². The summed E-state index contributed by atoms with van der Waals surface area (Å²) in [5.41, 5.74) is 5.00. The molecule has 0 saturated carbocycles. The molecule has 0 unspecified atom stereocenters. The third kappa shape index (κ3) is 2.93. The fourth-order valence-electron chi connectivity index (χ4n) is 2.25. The summed E-state index contributed by atoms with van der Waals surface area (Å²) in [6, 6.07) is 4.14. The lowest BCUT2D eigenvalue weighted by Gasteiger charge is -2.26. The Labute approximate surface area is 152 Å². The number of rotatable bonds is 2. The van der Waals surface area contributed by atoms with Gasteiger partial charge in [0.05, 0.1) is 20.7 Å². The van der Waals surface area contributed by atoms with Crippen LogP contribution in [0.3, 0.4) is 0 Å². The third-order valence-electron chi connectivity index (χ3n) is 3.40. The van der Waals surface area contributed by atoms with Crippen LogP contribution in [-0.2, 0) is 4.79 Å². The number of ketones is 1. The Morgan fingerprint density at radius 2 is 2.00 bits per heavy atom. The highest BCUT2D eigenvalue weighted by molar-refractivity contribution is 9.10. The minimum Gasteiger partial charge on any atom is -0.423 e. The first-order valence-corrected chi connectivity index (χ1v) is 7.79. The first-order valence-electron chi connectivity index (χ1n) is 6.62. The highest BCUT2D eigenvalue weighted by Crippen LogP contribution is 2.45. The zero-order valence-electron chi connectivity index (χ0n) is 12.0. The molecule has 0 bridgehead atoms. The van der Waals surface area contributed by atoms with E-state index in [2.05, 4.69) is 20.7 Å². The van der Waals surface area contributed by atoms with E-state index in [-0.39, 0.29) is 32.0 Å². The number of alkyl halides is 2. The second-order valence-corrected chi connectivity index (χ2v) is 6.25. The van der Waals surface area contributed by atoms with Gasteiger partial charge in [0.1, 0.15) is 5.82 Å². The largest absolute Gasteiger partial charge is 0.482 e. The van der Waals surface area contributed by atoms with Gasteiger partial charge in [-0.25, -0.2) is 4.39 Å². The van der Waals surface area contributed by atoms with Crippen LogP contribution >= 0.6 is 27.5 Å². The first-order chi connectivity index (χ1) is 11.6. The molecule has 2 aromatic carbocycles. The normalized spacial score (nSPS) is 15.2. The minimum absolute atomic E-state index is 0.0257. The summed E-state index contributed by atoms with van der Waals surface area (Å²) in [6.07, 6.45) is -4.07. The molecule has 1 heterocycles. The Bertz CT molecular complexity index is 937. The van der Waals surface area contributed by atoms with Crippen molar-refractivity contribution in [1.82, 2.24) is 0 Å². The Balaban J connectivity index is 2.16. The van der Waals surface area contributed by atoms with Gasteiger partial charge < -0.3 is 15.8 Å². The highest BCUT2D eigenvalue weighted by Gasteiger charge is 2.47. The molecule has 0 fully saturated rings. The molecule has 0 spiro atoms. The molecule has 0 aromatic heterocycles. The summed E-state index contributed by atoms with van der Waals surface area (Å²) in [5.74, 6) is -3.58. The molecule has 1 aliphatic rings. The molecule has 0 aliphatic carbocycles. The lowest BCUT2D eigenvalue weighted by atomic mass is 10.00. The molecule has 0 saturated heterocycles. The molecule has 0 radical (unpaired) electrons. The van der Waals surface area contributed by atoms with Crippen LogP contribution in [0.15, 0.2) is 28.7 Å². The van der Waals surface area contributed by atoms with Crippen LogP contribution in [0.1, 0.15) is 15.9 Å². The molecule has 3 N–H and O–H groups in total. The van der Waals surface area contributed by atoms with Crippen LogP contribution in [0.25, 0.3) is 0 Å².